The Bertz CT molecular complexity index is 641. The van der Waals surface area contributed by atoms with Gasteiger partial charge in [0.15, 0.2) is 0 Å². The van der Waals surface area contributed by atoms with Crippen molar-refractivity contribution < 1.29 is 13.2 Å². The number of anilines is 1. The lowest BCUT2D eigenvalue weighted by Gasteiger charge is -2.22. The van der Waals surface area contributed by atoms with Crippen LogP contribution in [0.4, 0.5) is 5.69 Å². The maximum atomic E-state index is 12.7. The van der Waals surface area contributed by atoms with Gasteiger partial charge in [0.1, 0.15) is 0 Å². The standard InChI is InChI=1S/C13H18ClN3O3S/c1-10-12(16)8-11(14)9-13(10)21(18,19)17(5-3-4-15)6-7-20-2/h8-9H,3,5-7,16H2,1-2H3. The highest BCUT2D eigenvalue weighted by Crippen LogP contribution is 2.28. The summed E-state index contributed by atoms with van der Waals surface area (Å²) < 4.78 is 31.6. The number of nitrogen functional groups attached to an aromatic ring is 1. The summed E-state index contributed by atoms with van der Waals surface area (Å²) in [5, 5.41) is 8.93. The second-order valence-electron chi connectivity index (χ2n) is 4.42. The summed E-state index contributed by atoms with van der Waals surface area (Å²) in [6, 6.07) is 4.81. The number of nitrogens with two attached hydrogens (primary N) is 1. The molecule has 0 saturated heterocycles. The molecule has 0 amide bonds. The molecule has 0 aliphatic rings. The van der Waals surface area contributed by atoms with Crippen molar-refractivity contribution in [2.24, 2.45) is 0 Å². The van der Waals surface area contributed by atoms with Gasteiger partial charge in [0.25, 0.3) is 0 Å². The summed E-state index contributed by atoms with van der Waals surface area (Å²) in [4.78, 5) is 0.0570. The normalized spacial score (nSPS) is 11.6. The van der Waals surface area contributed by atoms with E-state index in [-0.39, 0.29) is 36.0 Å². The van der Waals surface area contributed by atoms with Gasteiger partial charge in [-0.25, -0.2) is 8.42 Å². The van der Waals surface area contributed by atoms with Crippen molar-refractivity contribution in [1.82, 2.24) is 4.31 Å². The number of hydrogen-bond donors (Lipinski definition) is 1. The number of methoxy groups -OCH3 is 1. The molecular formula is C13H18ClN3O3S. The first-order valence-electron chi connectivity index (χ1n) is 6.26. The fourth-order valence-electron chi connectivity index (χ4n) is 1.80. The molecule has 0 aromatic heterocycles. The predicted octanol–water partition coefficient (Wildman–Crippen LogP) is 1.78. The molecule has 1 aromatic carbocycles. The van der Waals surface area contributed by atoms with Crippen molar-refractivity contribution >= 4 is 27.3 Å². The van der Waals surface area contributed by atoms with E-state index in [1.54, 1.807) is 6.92 Å². The van der Waals surface area contributed by atoms with Gasteiger partial charge in [-0.3, -0.25) is 0 Å². The van der Waals surface area contributed by atoms with Crippen molar-refractivity contribution in [3.63, 3.8) is 0 Å². The summed E-state index contributed by atoms with van der Waals surface area (Å²) in [5.41, 5.74) is 6.53. The quantitative estimate of drug-likeness (QED) is 0.768. The molecule has 0 aliphatic heterocycles. The van der Waals surface area contributed by atoms with Crippen molar-refractivity contribution in [2.75, 3.05) is 32.5 Å². The predicted molar refractivity (Wildman–Crippen MR) is 81.5 cm³/mol. The summed E-state index contributed by atoms with van der Waals surface area (Å²) in [6.45, 7) is 2.11. The second-order valence-corrected chi connectivity index (χ2v) is 6.77. The van der Waals surface area contributed by atoms with Crippen LogP contribution in [0.2, 0.25) is 5.02 Å². The minimum absolute atomic E-state index is 0.0570. The van der Waals surface area contributed by atoms with Gasteiger partial charge in [-0.05, 0) is 24.6 Å². The minimum Gasteiger partial charge on any atom is -0.398 e. The number of rotatable bonds is 7. The van der Waals surface area contributed by atoms with E-state index >= 15 is 0 Å². The molecule has 21 heavy (non-hydrogen) atoms. The molecule has 1 rings (SSSR count). The van der Waals surface area contributed by atoms with Crippen LogP contribution in [0.3, 0.4) is 0 Å². The second kappa shape index (κ2) is 7.61. The first-order chi connectivity index (χ1) is 9.84. The van der Waals surface area contributed by atoms with E-state index in [0.29, 0.717) is 11.3 Å². The maximum Gasteiger partial charge on any atom is 0.243 e. The lowest BCUT2D eigenvalue weighted by Crippen LogP contribution is -2.35. The van der Waals surface area contributed by atoms with Crippen molar-refractivity contribution in [3.05, 3.63) is 22.7 Å². The number of nitriles is 1. The number of hydrogen-bond acceptors (Lipinski definition) is 5. The molecule has 1 aromatic rings. The Hall–Kier alpha value is -1.33. The summed E-state index contributed by atoms with van der Waals surface area (Å²) in [6.07, 6.45) is 0.0953. The minimum atomic E-state index is -3.78. The van der Waals surface area contributed by atoms with Gasteiger partial charge in [0.05, 0.1) is 17.6 Å². The molecule has 0 aliphatic carbocycles. The van der Waals surface area contributed by atoms with Crippen molar-refractivity contribution in [1.29, 1.82) is 5.26 Å². The molecule has 0 radical (unpaired) electrons. The molecule has 0 spiro atoms. The molecule has 6 nitrogen and oxygen atoms in total. The van der Waals surface area contributed by atoms with E-state index in [9.17, 15) is 8.42 Å². The molecule has 0 bridgehead atoms. The van der Waals surface area contributed by atoms with Gasteiger partial charge in [-0.15, -0.1) is 0 Å². The molecule has 0 fully saturated rings. The third kappa shape index (κ3) is 4.32. The Morgan fingerprint density at radius 2 is 2.10 bits per heavy atom. The van der Waals surface area contributed by atoms with Gasteiger partial charge >= 0.3 is 0 Å². The zero-order valence-corrected chi connectivity index (χ0v) is 13.5. The Kier molecular flexibility index (Phi) is 6.42. The van der Waals surface area contributed by atoms with Crippen LogP contribution in [0.25, 0.3) is 0 Å². The Morgan fingerprint density at radius 1 is 1.43 bits per heavy atom. The average molecular weight is 332 g/mol. The Balaban J connectivity index is 3.25. The molecular weight excluding hydrogens is 314 g/mol. The van der Waals surface area contributed by atoms with Crippen LogP contribution in [0.5, 0.6) is 0 Å². The number of ether oxygens (including phenoxy) is 1. The van der Waals surface area contributed by atoms with Gasteiger partial charge < -0.3 is 10.5 Å². The Morgan fingerprint density at radius 3 is 2.67 bits per heavy atom. The summed E-state index contributed by atoms with van der Waals surface area (Å²) >= 11 is 5.90. The van der Waals surface area contributed by atoms with Crippen LogP contribution in [-0.4, -0.2) is 39.5 Å². The van der Waals surface area contributed by atoms with Gasteiger partial charge in [0, 0.05) is 37.3 Å². The number of halogens is 1. The van der Waals surface area contributed by atoms with Crippen LogP contribution in [0.1, 0.15) is 12.0 Å². The number of sulfonamides is 1. The number of nitrogens with zero attached hydrogens (tertiary/aromatic N) is 2. The third-order valence-electron chi connectivity index (χ3n) is 3.00. The van der Waals surface area contributed by atoms with E-state index in [2.05, 4.69) is 0 Å². The highest BCUT2D eigenvalue weighted by atomic mass is 35.5. The largest absolute Gasteiger partial charge is 0.398 e. The van der Waals surface area contributed by atoms with E-state index in [1.807, 2.05) is 6.07 Å². The van der Waals surface area contributed by atoms with E-state index in [1.165, 1.54) is 23.5 Å². The topological polar surface area (TPSA) is 96.4 Å². The molecule has 0 atom stereocenters. The molecule has 0 saturated carbocycles. The molecule has 0 unspecified atom stereocenters. The SMILES string of the molecule is COCCN(CCC#N)S(=O)(=O)c1cc(Cl)cc(N)c1C. The maximum absolute atomic E-state index is 12.7. The lowest BCUT2D eigenvalue weighted by molar-refractivity contribution is 0.179. The van der Waals surface area contributed by atoms with Gasteiger partial charge in [-0.2, -0.15) is 9.57 Å². The van der Waals surface area contributed by atoms with E-state index in [0.717, 1.165) is 0 Å². The van der Waals surface area contributed by atoms with Crippen LogP contribution >= 0.6 is 11.6 Å². The molecule has 8 heteroatoms. The van der Waals surface area contributed by atoms with E-state index in [4.69, 9.17) is 27.3 Å². The van der Waals surface area contributed by atoms with E-state index < -0.39 is 10.0 Å². The zero-order valence-electron chi connectivity index (χ0n) is 12.0. The average Bonchev–Trinajstić information content (AvgIpc) is 2.42. The lowest BCUT2D eigenvalue weighted by atomic mass is 10.2. The molecule has 116 valence electrons. The van der Waals surface area contributed by atoms with Crippen LogP contribution in [0.15, 0.2) is 17.0 Å². The van der Waals surface area contributed by atoms with Crippen LogP contribution in [-0.2, 0) is 14.8 Å². The van der Waals surface area contributed by atoms with Crippen molar-refractivity contribution in [2.45, 2.75) is 18.2 Å². The highest BCUT2D eigenvalue weighted by molar-refractivity contribution is 7.89. The van der Waals surface area contributed by atoms with Crippen LogP contribution < -0.4 is 5.73 Å². The zero-order chi connectivity index (χ0) is 16.0. The highest BCUT2D eigenvalue weighted by Gasteiger charge is 2.26. The number of benzene rings is 1. The Labute approximate surface area is 130 Å². The molecule has 2 N–H and O–H groups in total. The summed E-state index contributed by atoms with van der Waals surface area (Å²) in [7, 11) is -2.30. The van der Waals surface area contributed by atoms with Crippen molar-refractivity contribution in [3.8, 4) is 6.07 Å². The smallest absolute Gasteiger partial charge is 0.243 e. The van der Waals surface area contributed by atoms with Gasteiger partial charge in [-0.1, -0.05) is 11.6 Å². The molecule has 0 heterocycles. The first kappa shape index (κ1) is 17.7. The monoisotopic (exact) mass is 331 g/mol. The van der Waals surface area contributed by atoms with Crippen LogP contribution in [0, 0.1) is 18.3 Å². The summed E-state index contributed by atoms with van der Waals surface area (Å²) in [5.74, 6) is 0. The fraction of sp³-hybridized carbons (Fsp3) is 0.462. The third-order valence-corrected chi connectivity index (χ3v) is 5.24. The van der Waals surface area contributed by atoms with Gasteiger partial charge in [0.2, 0.25) is 10.0 Å². The fourth-order valence-corrected chi connectivity index (χ4v) is 3.80. The first-order valence-corrected chi connectivity index (χ1v) is 8.08.